The van der Waals surface area contributed by atoms with E-state index in [0.29, 0.717) is 6.04 Å². The highest BCUT2D eigenvalue weighted by Crippen LogP contribution is 2.23. The van der Waals surface area contributed by atoms with Crippen molar-refractivity contribution in [1.29, 1.82) is 0 Å². The first-order valence-corrected chi connectivity index (χ1v) is 7.31. The van der Waals surface area contributed by atoms with E-state index in [2.05, 4.69) is 62.3 Å². The van der Waals surface area contributed by atoms with Gasteiger partial charge in [0.1, 0.15) is 0 Å². The molecule has 0 aliphatic heterocycles. The van der Waals surface area contributed by atoms with Crippen LogP contribution in [0, 0.1) is 20.8 Å². The molecule has 1 aromatic heterocycles. The summed E-state index contributed by atoms with van der Waals surface area (Å²) in [5.74, 6) is 0. The minimum absolute atomic E-state index is 0.328. The van der Waals surface area contributed by atoms with Crippen molar-refractivity contribution in [2.45, 2.75) is 40.2 Å². The highest BCUT2D eigenvalue weighted by atomic mass is 14.9. The number of aromatic nitrogens is 1. The fourth-order valence-electron chi connectivity index (χ4n) is 2.62. The molecule has 2 nitrogen and oxygen atoms in total. The summed E-state index contributed by atoms with van der Waals surface area (Å²) in [5.41, 5.74) is 6.70. The number of pyridine rings is 1. The van der Waals surface area contributed by atoms with Gasteiger partial charge in [-0.05, 0) is 62.1 Å². The molecule has 0 aliphatic rings. The molecule has 2 heteroatoms. The molecule has 0 saturated heterocycles. The van der Waals surface area contributed by atoms with Crippen molar-refractivity contribution in [3.05, 3.63) is 64.5 Å². The van der Waals surface area contributed by atoms with Crippen molar-refractivity contribution in [3.8, 4) is 0 Å². The summed E-state index contributed by atoms with van der Waals surface area (Å²) < 4.78 is 0. The SMILES string of the molecule is CCNC(Cc1cc(C)ccc1C)c1cnccc1C. The van der Waals surface area contributed by atoms with Gasteiger partial charge in [0.25, 0.3) is 0 Å². The highest BCUT2D eigenvalue weighted by Gasteiger charge is 2.14. The van der Waals surface area contributed by atoms with Crippen molar-refractivity contribution in [3.63, 3.8) is 0 Å². The molecule has 1 N–H and O–H groups in total. The van der Waals surface area contributed by atoms with Gasteiger partial charge >= 0.3 is 0 Å². The number of nitrogens with one attached hydrogen (secondary N) is 1. The smallest absolute Gasteiger partial charge is 0.0378 e. The van der Waals surface area contributed by atoms with Crippen molar-refractivity contribution in [1.82, 2.24) is 10.3 Å². The van der Waals surface area contributed by atoms with Crippen molar-refractivity contribution < 1.29 is 0 Å². The van der Waals surface area contributed by atoms with Gasteiger partial charge < -0.3 is 5.32 Å². The molecule has 1 unspecified atom stereocenters. The molecule has 0 fully saturated rings. The first-order valence-electron chi connectivity index (χ1n) is 7.31. The lowest BCUT2D eigenvalue weighted by atomic mass is 9.93. The summed E-state index contributed by atoms with van der Waals surface area (Å²) in [6.07, 6.45) is 4.86. The normalized spacial score (nSPS) is 12.4. The van der Waals surface area contributed by atoms with Crippen LogP contribution in [0.1, 0.15) is 40.8 Å². The molecule has 1 aromatic carbocycles. The Balaban J connectivity index is 2.30. The molecule has 1 atom stereocenters. The van der Waals surface area contributed by atoms with E-state index < -0.39 is 0 Å². The minimum atomic E-state index is 0.328. The van der Waals surface area contributed by atoms with E-state index in [0.717, 1.165) is 13.0 Å². The average molecular weight is 268 g/mol. The Morgan fingerprint density at radius 1 is 1.10 bits per heavy atom. The van der Waals surface area contributed by atoms with Gasteiger partial charge in [-0.25, -0.2) is 0 Å². The molecule has 2 aromatic rings. The van der Waals surface area contributed by atoms with Gasteiger partial charge in [0.15, 0.2) is 0 Å². The summed E-state index contributed by atoms with van der Waals surface area (Å²) in [5, 5.41) is 3.59. The highest BCUT2D eigenvalue weighted by molar-refractivity contribution is 5.34. The van der Waals surface area contributed by atoms with Crippen molar-refractivity contribution in [2.75, 3.05) is 6.54 Å². The number of aryl methyl sites for hydroxylation is 3. The van der Waals surface area contributed by atoms with Crippen molar-refractivity contribution in [2.24, 2.45) is 0 Å². The molecule has 20 heavy (non-hydrogen) atoms. The molecule has 2 rings (SSSR count). The predicted molar refractivity (Wildman–Crippen MR) is 85.0 cm³/mol. The van der Waals surface area contributed by atoms with Crippen LogP contribution in [0.25, 0.3) is 0 Å². The summed E-state index contributed by atoms with van der Waals surface area (Å²) in [6.45, 7) is 9.62. The Bertz CT molecular complexity index is 575. The third kappa shape index (κ3) is 3.45. The summed E-state index contributed by atoms with van der Waals surface area (Å²) in [6, 6.07) is 9.10. The van der Waals surface area contributed by atoms with Crippen molar-refractivity contribution >= 4 is 0 Å². The van der Waals surface area contributed by atoms with Crippen LogP contribution in [-0.2, 0) is 6.42 Å². The third-order valence-corrected chi connectivity index (χ3v) is 3.83. The molecule has 0 amide bonds. The Hall–Kier alpha value is -1.67. The first kappa shape index (κ1) is 14.7. The number of rotatable bonds is 5. The second kappa shape index (κ2) is 6.67. The van der Waals surface area contributed by atoms with Gasteiger partial charge in [-0.15, -0.1) is 0 Å². The number of benzene rings is 1. The van der Waals surface area contributed by atoms with Gasteiger partial charge in [0.05, 0.1) is 0 Å². The molecule has 0 spiro atoms. The zero-order valence-corrected chi connectivity index (χ0v) is 12.9. The Kier molecular flexibility index (Phi) is 4.91. The summed E-state index contributed by atoms with van der Waals surface area (Å²) >= 11 is 0. The minimum Gasteiger partial charge on any atom is -0.310 e. The van der Waals surface area contributed by atoms with E-state index in [1.54, 1.807) is 0 Å². The van der Waals surface area contributed by atoms with E-state index in [1.807, 2.05) is 12.4 Å². The Labute approximate surface area is 122 Å². The van der Waals surface area contributed by atoms with E-state index in [9.17, 15) is 0 Å². The largest absolute Gasteiger partial charge is 0.310 e. The summed E-state index contributed by atoms with van der Waals surface area (Å²) in [4.78, 5) is 4.29. The topological polar surface area (TPSA) is 24.9 Å². The Morgan fingerprint density at radius 2 is 1.90 bits per heavy atom. The zero-order valence-electron chi connectivity index (χ0n) is 12.9. The Morgan fingerprint density at radius 3 is 2.60 bits per heavy atom. The van der Waals surface area contributed by atoms with E-state index in [4.69, 9.17) is 0 Å². The molecule has 106 valence electrons. The van der Waals surface area contributed by atoms with Crippen LogP contribution in [0.5, 0.6) is 0 Å². The fraction of sp³-hybridized carbons (Fsp3) is 0.389. The lowest BCUT2D eigenvalue weighted by Gasteiger charge is -2.21. The lowest BCUT2D eigenvalue weighted by Crippen LogP contribution is -2.24. The monoisotopic (exact) mass is 268 g/mol. The van der Waals surface area contributed by atoms with Crippen LogP contribution >= 0.6 is 0 Å². The maximum absolute atomic E-state index is 4.29. The molecule has 0 aliphatic carbocycles. The second-order valence-electron chi connectivity index (χ2n) is 5.48. The van der Waals surface area contributed by atoms with Gasteiger partial charge in [0, 0.05) is 18.4 Å². The average Bonchev–Trinajstić information content (AvgIpc) is 2.43. The van der Waals surface area contributed by atoms with Gasteiger partial charge in [-0.1, -0.05) is 30.7 Å². The van der Waals surface area contributed by atoms with Crippen LogP contribution < -0.4 is 5.32 Å². The van der Waals surface area contributed by atoms with Gasteiger partial charge in [0.2, 0.25) is 0 Å². The molecular formula is C18H24N2. The van der Waals surface area contributed by atoms with E-state index >= 15 is 0 Å². The van der Waals surface area contributed by atoms with Crippen LogP contribution in [0.4, 0.5) is 0 Å². The van der Waals surface area contributed by atoms with Gasteiger partial charge in [-0.3, -0.25) is 4.98 Å². The quantitative estimate of drug-likeness (QED) is 0.889. The van der Waals surface area contributed by atoms with Crippen LogP contribution in [-0.4, -0.2) is 11.5 Å². The fourth-order valence-corrected chi connectivity index (χ4v) is 2.62. The van der Waals surface area contributed by atoms with E-state index in [-0.39, 0.29) is 0 Å². The lowest BCUT2D eigenvalue weighted by molar-refractivity contribution is 0.544. The number of hydrogen-bond acceptors (Lipinski definition) is 2. The number of nitrogens with zero attached hydrogens (tertiary/aromatic N) is 1. The predicted octanol–water partition coefficient (Wildman–Crippen LogP) is 3.90. The van der Waals surface area contributed by atoms with Crippen LogP contribution in [0.3, 0.4) is 0 Å². The maximum Gasteiger partial charge on any atom is 0.0378 e. The molecule has 0 saturated carbocycles. The first-order chi connectivity index (χ1) is 9.61. The van der Waals surface area contributed by atoms with Crippen LogP contribution in [0.15, 0.2) is 36.7 Å². The molecular weight excluding hydrogens is 244 g/mol. The summed E-state index contributed by atoms with van der Waals surface area (Å²) in [7, 11) is 0. The zero-order chi connectivity index (χ0) is 14.5. The standard InChI is InChI=1S/C18H24N2/c1-5-20-18(17-12-19-9-8-15(17)4)11-16-10-13(2)6-7-14(16)3/h6-10,12,18,20H,5,11H2,1-4H3. The van der Waals surface area contributed by atoms with E-state index in [1.165, 1.54) is 27.8 Å². The third-order valence-electron chi connectivity index (χ3n) is 3.83. The molecule has 1 heterocycles. The number of hydrogen-bond donors (Lipinski definition) is 1. The maximum atomic E-state index is 4.29. The molecule has 0 radical (unpaired) electrons. The molecule has 0 bridgehead atoms. The second-order valence-corrected chi connectivity index (χ2v) is 5.48. The number of likely N-dealkylation sites (N-methyl/N-ethyl adjacent to an activating group) is 1. The van der Waals surface area contributed by atoms with Crippen LogP contribution in [0.2, 0.25) is 0 Å². The van der Waals surface area contributed by atoms with Gasteiger partial charge in [-0.2, -0.15) is 0 Å².